The van der Waals surface area contributed by atoms with E-state index in [0.717, 1.165) is 0 Å². The third-order valence-corrected chi connectivity index (χ3v) is 3.37. The lowest BCUT2D eigenvalue weighted by molar-refractivity contribution is -0.0653. The van der Waals surface area contributed by atoms with E-state index in [9.17, 15) is 0 Å². The van der Waals surface area contributed by atoms with Crippen LogP contribution in [0.15, 0.2) is 0 Å². The second kappa shape index (κ2) is 9.86. The van der Waals surface area contributed by atoms with Crippen LogP contribution in [0.5, 0.6) is 0 Å². The van der Waals surface area contributed by atoms with Gasteiger partial charge in [-0.2, -0.15) is 0 Å². The van der Waals surface area contributed by atoms with Crippen LogP contribution in [0.3, 0.4) is 0 Å². The predicted octanol–water partition coefficient (Wildman–Crippen LogP) is 5.56. The van der Waals surface area contributed by atoms with E-state index in [4.69, 9.17) is 14.2 Å². The van der Waals surface area contributed by atoms with Crippen molar-refractivity contribution in [3.63, 3.8) is 0 Å². The summed E-state index contributed by atoms with van der Waals surface area (Å²) in [5.74, 6) is 0. The fourth-order valence-electron chi connectivity index (χ4n) is 1.75. The lowest BCUT2D eigenvalue weighted by Gasteiger charge is -2.32. The number of ether oxygens (including phenoxy) is 3. The van der Waals surface area contributed by atoms with E-state index in [0.29, 0.717) is 39.6 Å². The smallest absolute Gasteiger partial charge is 0.0614 e. The van der Waals surface area contributed by atoms with Crippen molar-refractivity contribution in [1.82, 2.24) is 0 Å². The van der Waals surface area contributed by atoms with E-state index in [1.54, 1.807) is 0 Å². The molecule has 0 heterocycles. The Morgan fingerprint density at radius 2 is 0.696 bits per heavy atom. The molecule has 0 spiro atoms. The third kappa shape index (κ3) is 16.5. The minimum Gasteiger partial charge on any atom is -0.379 e. The zero-order chi connectivity index (χ0) is 18.4. The van der Waals surface area contributed by atoms with Crippen molar-refractivity contribution in [1.29, 1.82) is 0 Å². The highest BCUT2D eigenvalue weighted by Crippen LogP contribution is 2.25. The molecule has 0 aliphatic heterocycles. The molecule has 0 aliphatic carbocycles. The van der Waals surface area contributed by atoms with Crippen LogP contribution in [-0.4, -0.2) is 52.6 Å². The Hall–Kier alpha value is 1.32. The van der Waals surface area contributed by atoms with Crippen molar-refractivity contribution < 1.29 is 14.2 Å². The van der Waals surface area contributed by atoms with Gasteiger partial charge in [0, 0.05) is 18.4 Å². The molecule has 0 aromatic rings. The van der Waals surface area contributed by atoms with Crippen molar-refractivity contribution in [2.75, 3.05) is 39.6 Å². The summed E-state index contributed by atoms with van der Waals surface area (Å²) in [6, 6.07) is 0. The van der Waals surface area contributed by atoms with Gasteiger partial charge in [0.15, 0.2) is 0 Å². The van der Waals surface area contributed by atoms with Crippen LogP contribution in [0.25, 0.3) is 0 Å². The summed E-state index contributed by atoms with van der Waals surface area (Å²) in [6.45, 7) is 18.5. The minimum absolute atomic E-state index is 0.0225. The molecule has 140 valence electrons. The van der Waals surface area contributed by atoms with Crippen LogP contribution in [0.1, 0.15) is 48.5 Å². The molecule has 0 radical (unpaired) electrons. The maximum atomic E-state index is 5.90. The maximum Gasteiger partial charge on any atom is 0.0614 e. The molecule has 0 N–H and O–H groups in total. The van der Waals surface area contributed by atoms with Crippen LogP contribution in [0, 0.1) is 5.41 Å². The fraction of sp³-hybridized carbons (Fsp3) is 1.00. The molecule has 23 heavy (non-hydrogen) atoms. The number of hydrogen-bond donors (Lipinski definition) is 0. The van der Waals surface area contributed by atoms with E-state index in [1.807, 2.05) is 0 Å². The van der Waals surface area contributed by atoms with E-state index in [-0.39, 0.29) is 18.4 Å². The van der Waals surface area contributed by atoms with Crippen LogP contribution < -0.4 is 0 Å². The highest BCUT2D eigenvalue weighted by Gasteiger charge is 2.29. The predicted molar refractivity (Wildman–Crippen MR) is 110 cm³/mol. The standard InChI is InChI=1S/C17H33Br3O3/c1-14(2,18)8-21-11-17(7,12-22-9-15(3,4)19)13-23-10-16(5,6)20/h8-13H2,1-7H3. The van der Waals surface area contributed by atoms with Crippen LogP contribution in [0.4, 0.5) is 0 Å². The summed E-state index contributed by atoms with van der Waals surface area (Å²) < 4.78 is 17.6. The number of halogens is 3. The minimum atomic E-state index is -0.172. The molecule has 6 heteroatoms. The lowest BCUT2D eigenvalue weighted by atomic mass is 9.94. The molecule has 0 aromatic heterocycles. The molecule has 0 aliphatic rings. The van der Waals surface area contributed by atoms with Crippen molar-refractivity contribution in [2.45, 2.75) is 61.4 Å². The number of alkyl halides is 3. The first kappa shape index (κ1) is 24.3. The van der Waals surface area contributed by atoms with Crippen LogP contribution >= 0.6 is 47.8 Å². The molecule has 0 amide bonds. The summed E-state index contributed by atoms with van der Waals surface area (Å²) in [5.41, 5.74) is -0.172. The molecule has 0 rings (SSSR count). The summed E-state index contributed by atoms with van der Waals surface area (Å²) in [6.07, 6.45) is 0. The Balaban J connectivity index is 4.50. The summed E-state index contributed by atoms with van der Waals surface area (Å²) in [4.78, 5) is 0. The first-order valence-electron chi connectivity index (χ1n) is 7.92. The zero-order valence-electron chi connectivity index (χ0n) is 15.6. The summed E-state index contributed by atoms with van der Waals surface area (Å²) in [7, 11) is 0. The Labute approximate surface area is 168 Å². The molecule has 0 atom stereocenters. The van der Waals surface area contributed by atoms with Gasteiger partial charge in [-0.3, -0.25) is 0 Å². The van der Waals surface area contributed by atoms with E-state index in [2.05, 4.69) is 96.3 Å². The molecule has 0 fully saturated rings. The molecular weight excluding hydrogens is 492 g/mol. The fourth-order valence-corrected chi connectivity index (χ4v) is 2.23. The topological polar surface area (TPSA) is 27.7 Å². The molecule has 0 bridgehead atoms. The molecular formula is C17H33Br3O3. The Kier molecular flexibility index (Phi) is 10.4. The van der Waals surface area contributed by atoms with Crippen LogP contribution in [0.2, 0.25) is 0 Å². The highest BCUT2D eigenvalue weighted by molar-refractivity contribution is 9.10. The average Bonchev–Trinajstić information content (AvgIpc) is 2.22. The highest BCUT2D eigenvalue weighted by atomic mass is 79.9. The van der Waals surface area contributed by atoms with Crippen molar-refractivity contribution in [3.8, 4) is 0 Å². The van der Waals surface area contributed by atoms with Gasteiger partial charge in [-0.1, -0.05) is 54.7 Å². The average molecular weight is 525 g/mol. The third-order valence-electron chi connectivity index (χ3n) is 2.69. The SMILES string of the molecule is CC(C)(Br)COCC(C)(COCC(C)(C)Br)COCC(C)(C)Br. The summed E-state index contributed by atoms with van der Waals surface area (Å²) >= 11 is 10.8. The van der Waals surface area contributed by atoms with Crippen molar-refractivity contribution >= 4 is 47.8 Å². The molecule has 0 saturated heterocycles. The van der Waals surface area contributed by atoms with Crippen molar-refractivity contribution in [2.24, 2.45) is 5.41 Å². The van der Waals surface area contributed by atoms with Crippen molar-refractivity contribution in [3.05, 3.63) is 0 Å². The second-order valence-electron chi connectivity index (χ2n) is 8.45. The van der Waals surface area contributed by atoms with Gasteiger partial charge in [0.25, 0.3) is 0 Å². The van der Waals surface area contributed by atoms with Gasteiger partial charge < -0.3 is 14.2 Å². The van der Waals surface area contributed by atoms with Gasteiger partial charge in [0.1, 0.15) is 0 Å². The Bertz CT molecular complexity index is 277. The second-order valence-corrected chi connectivity index (χ2v) is 14.9. The molecule has 3 nitrogen and oxygen atoms in total. The molecule has 0 saturated carbocycles. The van der Waals surface area contributed by atoms with E-state index < -0.39 is 0 Å². The largest absolute Gasteiger partial charge is 0.379 e. The summed E-state index contributed by atoms with van der Waals surface area (Å²) in [5, 5.41) is 0. The quantitative estimate of drug-likeness (QED) is 0.313. The number of hydrogen-bond acceptors (Lipinski definition) is 3. The van der Waals surface area contributed by atoms with E-state index in [1.165, 1.54) is 0 Å². The van der Waals surface area contributed by atoms with Gasteiger partial charge in [-0.15, -0.1) is 0 Å². The first-order chi connectivity index (χ1) is 10.1. The zero-order valence-corrected chi connectivity index (χ0v) is 20.4. The van der Waals surface area contributed by atoms with Crippen LogP contribution in [-0.2, 0) is 14.2 Å². The lowest BCUT2D eigenvalue weighted by Crippen LogP contribution is -2.38. The van der Waals surface area contributed by atoms with E-state index >= 15 is 0 Å². The number of rotatable bonds is 12. The normalized spacial score (nSPS) is 14.3. The maximum absolute atomic E-state index is 5.90. The first-order valence-corrected chi connectivity index (χ1v) is 10.3. The Morgan fingerprint density at radius 1 is 0.478 bits per heavy atom. The van der Waals surface area contributed by atoms with Gasteiger partial charge >= 0.3 is 0 Å². The van der Waals surface area contributed by atoms with Gasteiger partial charge in [-0.05, 0) is 41.5 Å². The van der Waals surface area contributed by atoms with Gasteiger partial charge in [0.2, 0.25) is 0 Å². The Morgan fingerprint density at radius 3 is 0.870 bits per heavy atom. The molecule has 0 unspecified atom stereocenters. The molecule has 0 aromatic carbocycles. The van der Waals surface area contributed by atoms with Gasteiger partial charge in [0.05, 0.1) is 39.6 Å². The monoisotopic (exact) mass is 522 g/mol. The van der Waals surface area contributed by atoms with Gasteiger partial charge in [-0.25, -0.2) is 0 Å².